The number of aromatic amines is 2. The minimum Gasteiger partial charge on any atom is -0.486 e. The van der Waals surface area contributed by atoms with Crippen molar-refractivity contribution in [3.8, 4) is 11.5 Å². The van der Waals surface area contributed by atoms with E-state index >= 15 is 4.79 Å². The molecule has 8 rings (SSSR count). The number of hydrogen-bond donors (Lipinski definition) is 6. The van der Waals surface area contributed by atoms with Gasteiger partial charge in [0.2, 0.25) is 0 Å². The van der Waals surface area contributed by atoms with Crippen LogP contribution in [0.2, 0.25) is 0 Å². The first-order valence-corrected chi connectivity index (χ1v) is 22.9. The second kappa shape index (κ2) is 19.6. The molecule has 4 unspecified atom stereocenters. The fourth-order valence-corrected chi connectivity index (χ4v) is 10.9. The Morgan fingerprint density at radius 2 is 1.03 bits per heavy atom. The lowest BCUT2D eigenvalue weighted by Crippen LogP contribution is -2.54. The number of nitrogens with one attached hydrogen (secondary N) is 4. The summed E-state index contributed by atoms with van der Waals surface area (Å²) in [6.07, 6.45) is 3.88. The van der Waals surface area contributed by atoms with Gasteiger partial charge in [0, 0.05) is 22.0 Å². The number of amidine groups is 2. The summed E-state index contributed by atoms with van der Waals surface area (Å²) in [5.74, 6) is -0.628. The van der Waals surface area contributed by atoms with Crippen LogP contribution in [-0.4, -0.2) is 62.5 Å². The zero-order chi connectivity index (χ0) is 46.4. The van der Waals surface area contributed by atoms with Gasteiger partial charge >= 0.3 is 11.9 Å². The molecule has 8 N–H and O–H groups in total. The molecule has 6 aromatic rings. The molecular formula is C51H58N8O7. The summed E-state index contributed by atoms with van der Waals surface area (Å²) < 4.78 is 23.4. The zero-order valence-corrected chi connectivity index (χ0v) is 37.5. The van der Waals surface area contributed by atoms with Crippen molar-refractivity contribution in [3.63, 3.8) is 0 Å². The summed E-state index contributed by atoms with van der Waals surface area (Å²) in [4.78, 5) is 61.3. The molecule has 15 heteroatoms. The van der Waals surface area contributed by atoms with Crippen LogP contribution in [0.5, 0.6) is 11.5 Å². The molecule has 2 aliphatic carbocycles. The minimum atomic E-state index is -1.41. The highest BCUT2D eigenvalue weighted by molar-refractivity contribution is 6.09. The van der Waals surface area contributed by atoms with Gasteiger partial charge in [-0.1, -0.05) is 74.2 Å². The lowest BCUT2D eigenvalue weighted by molar-refractivity contribution is -0.162. The van der Waals surface area contributed by atoms with Crippen molar-refractivity contribution in [2.45, 2.75) is 103 Å². The molecular weight excluding hydrogens is 837 g/mol. The maximum Gasteiger partial charge on any atom is 0.306 e. The van der Waals surface area contributed by atoms with E-state index in [1.165, 1.54) is 0 Å². The number of rotatable bonds is 18. The fourth-order valence-electron chi connectivity index (χ4n) is 10.9. The molecule has 0 bridgehead atoms. The van der Waals surface area contributed by atoms with Crippen molar-refractivity contribution in [3.05, 3.63) is 119 Å². The molecule has 344 valence electrons. The molecule has 4 atom stereocenters. The molecule has 2 heterocycles. The number of carbonyl (C=O) groups is 3. The van der Waals surface area contributed by atoms with Crippen LogP contribution in [0.1, 0.15) is 124 Å². The first-order valence-electron chi connectivity index (χ1n) is 22.9. The van der Waals surface area contributed by atoms with Crippen molar-refractivity contribution in [2.24, 2.45) is 22.3 Å². The number of nitrogens with zero attached hydrogens (tertiary/aromatic N) is 2. The summed E-state index contributed by atoms with van der Waals surface area (Å²) in [6.45, 7) is 3.95. The smallest absolute Gasteiger partial charge is 0.306 e. The summed E-state index contributed by atoms with van der Waals surface area (Å²) in [5.41, 5.74) is 14.4. The van der Waals surface area contributed by atoms with Crippen molar-refractivity contribution < 1.29 is 33.3 Å². The number of imidazole rings is 2. The van der Waals surface area contributed by atoms with Crippen LogP contribution in [-0.2, 0) is 37.1 Å². The molecule has 0 radical (unpaired) electrons. The number of fused-ring (bicyclic) bond motifs is 2. The third-order valence-electron chi connectivity index (χ3n) is 13.5. The molecule has 0 saturated heterocycles. The quantitative estimate of drug-likeness (QED) is 0.0271. The Labute approximate surface area is 383 Å². The molecule has 4 aromatic carbocycles. The van der Waals surface area contributed by atoms with Crippen molar-refractivity contribution in [1.29, 1.82) is 10.8 Å². The Hall–Kier alpha value is -7.03. The average Bonchev–Trinajstić information content (AvgIpc) is 3.94. The van der Waals surface area contributed by atoms with Gasteiger partial charge in [-0.3, -0.25) is 25.2 Å². The molecule has 0 aliphatic heterocycles. The number of nitrogens with two attached hydrogens (primary N) is 2. The Morgan fingerprint density at radius 3 is 1.41 bits per heavy atom. The number of benzene rings is 4. The normalized spacial score (nSPS) is 20.7. The monoisotopic (exact) mass is 894 g/mol. The van der Waals surface area contributed by atoms with E-state index in [2.05, 4.69) is 9.97 Å². The number of ketones is 1. The van der Waals surface area contributed by atoms with Crippen LogP contribution in [0, 0.1) is 21.6 Å². The summed E-state index contributed by atoms with van der Waals surface area (Å²) in [6, 6.07) is 26.3. The van der Waals surface area contributed by atoms with E-state index in [0.717, 1.165) is 12.8 Å². The highest BCUT2D eigenvalue weighted by Gasteiger charge is 2.60. The first kappa shape index (κ1) is 45.5. The van der Waals surface area contributed by atoms with Crippen LogP contribution in [0.4, 0.5) is 0 Å². The number of Topliss-reactive ketones (excluding diaryl/α,β-unsaturated/α-hetero) is 1. The number of ether oxygens (including phenoxy) is 4. The zero-order valence-electron chi connectivity index (χ0n) is 37.5. The summed E-state index contributed by atoms with van der Waals surface area (Å²) in [5, 5.41) is 18.0. The number of hydrogen-bond acceptors (Lipinski definition) is 11. The van der Waals surface area contributed by atoms with Gasteiger partial charge < -0.3 is 40.4 Å². The van der Waals surface area contributed by atoms with E-state index in [4.69, 9.17) is 51.2 Å². The molecule has 0 amide bonds. The third kappa shape index (κ3) is 8.98. The topological polar surface area (TPSA) is 245 Å². The molecule has 2 aromatic heterocycles. The summed E-state index contributed by atoms with van der Waals surface area (Å²) >= 11 is 0. The highest BCUT2D eigenvalue weighted by atomic mass is 16.5. The molecule has 66 heavy (non-hydrogen) atoms. The van der Waals surface area contributed by atoms with Crippen LogP contribution >= 0.6 is 0 Å². The average molecular weight is 895 g/mol. The van der Waals surface area contributed by atoms with Gasteiger partial charge in [-0.25, -0.2) is 9.97 Å². The van der Waals surface area contributed by atoms with Gasteiger partial charge in [0.05, 0.1) is 48.1 Å². The third-order valence-corrected chi connectivity index (χ3v) is 13.5. The van der Waals surface area contributed by atoms with E-state index in [1.807, 2.05) is 84.9 Å². The van der Waals surface area contributed by atoms with E-state index < -0.39 is 34.6 Å². The second-order valence-corrected chi connectivity index (χ2v) is 17.5. The Balaban J connectivity index is 1.27. The molecule has 15 nitrogen and oxygen atoms in total. The summed E-state index contributed by atoms with van der Waals surface area (Å²) in [7, 11) is 0. The second-order valence-electron chi connectivity index (χ2n) is 17.5. The van der Waals surface area contributed by atoms with Crippen LogP contribution in [0.3, 0.4) is 0 Å². The first-order chi connectivity index (χ1) is 32.0. The van der Waals surface area contributed by atoms with E-state index in [-0.39, 0.29) is 56.7 Å². The van der Waals surface area contributed by atoms with Crippen molar-refractivity contribution in [1.82, 2.24) is 19.9 Å². The predicted octanol–water partition coefficient (Wildman–Crippen LogP) is 8.63. The fraction of sp³-hybridized carbons (Fsp3) is 0.392. The Morgan fingerprint density at radius 1 is 0.621 bits per heavy atom. The predicted molar refractivity (Wildman–Crippen MR) is 251 cm³/mol. The van der Waals surface area contributed by atoms with Crippen molar-refractivity contribution >= 4 is 51.5 Å². The number of aromatic nitrogens is 4. The van der Waals surface area contributed by atoms with E-state index in [1.54, 1.807) is 13.8 Å². The van der Waals surface area contributed by atoms with Crippen LogP contribution in [0.25, 0.3) is 22.1 Å². The van der Waals surface area contributed by atoms with Crippen LogP contribution < -0.4 is 20.9 Å². The Kier molecular flexibility index (Phi) is 13.5. The SMILES string of the molecule is CCOC(=O)CC1(C(=O)C2(CC(=O)OCC)CCCCC2c2ccc3[nH]c(COc4ccccc4)nc3c2C(=N)N)CCCCC1c1ccc2[nH]c(COc3ccccc3)nc2c1C(=N)N. The maximum atomic E-state index is 16.7. The van der Waals surface area contributed by atoms with Gasteiger partial charge in [0.1, 0.15) is 53.8 Å². The van der Waals surface area contributed by atoms with E-state index in [0.29, 0.717) is 106 Å². The standard InChI is InChI=1S/C51H58N8O7/c1-3-63-41(60)27-50(25-13-11-19-35(50)33-21-23-37-45(43(33)47(52)53)58-39(56-37)29-65-31-15-7-5-8-16-31)49(62)51(28-42(61)64-4-2)26-14-12-20-36(51)34-22-24-38-46(44(34)48(54)55)59-40(57-38)30-66-32-17-9-6-10-18-32/h5-10,15-18,21-24,35-36H,3-4,11-14,19-20,25-30H2,1-2H3,(H3,52,53)(H3,54,55)(H,56,58)(H,57,59). The molecule has 2 fully saturated rings. The van der Waals surface area contributed by atoms with Gasteiger partial charge in [0.25, 0.3) is 0 Å². The number of para-hydroxylation sites is 2. The molecule has 0 spiro atoms. The van der Waals surface area contributed by atoms with Gasteiger partial charge in [-0.2, -0.15) is 0 Å². The lowest BCUT2D eigenvalue weighted by atomic mass is 9.49. The Bertz CT molecular complexity index is 2570. The number of H-pyrrole nitrogens is 2. The van der Waals surface area contributed by atoms with Gasteiger partial charge in [-0.05, 0) is 98.9 Å². The minimum absolute atomic E-state index is 0.111. The van der Waals surface area contributed by atoms with Crippen molar-refractivity contribution in [2.75, 3.05) is 13.2 Å². The number of nitrogen functional groups attached to an aromatic ring is 2. The van der Waals surface area contributed by atoms with Gasteiger partial charge in [0.15, 0.2) is 0 Å². The van der Waals surface area contributed by atoms with Gasteiger partial charge in [-0.15, -0.1) is 0 Å². The van der Waals surface area contributed by atoms with Crippen LogP contribution in [0.15, 0.2) is 84.9 Å². The largest absolute Gasteiger partial charge is 0.486 e. The maximum absolute atomic E-state index is 16.7. The molecule has 2 aliphatic rings. The number of carbonyl (C=O) groups excluding carboxylic acids is 3. The van der Waals surface area contributed by atoms with E-state index in [9.17, 15) is 9.59 Å². The lowest BCUT2D eigenvalue weighted by Gasteiger charge is -2.52. The highest BCUT2D eigenvalue weighted by Crippen LogP contribution is 2.61. The number of esters is 2. The molecule has 2 saturated carbocycles.